The minimum Gasteiger partial charge on any atom is -0.481 e. The van der Waals surface area contributed by atoms with Crippen molar-refractivity contribution in [2.24, 2.45) is 60.3 Å². The lowest BCUT2D eigenvalue weighted by atomic mass is 9.63. The van der Waals surface area contributed by atoms with Gasteiger partial charge in [-0.15, -0.1) is 0 Å². The molecule has 4 heterocycles. The minimum atomic E-state index is -1.49. The van der Waals surface area contributed by atoms with Crippen LogP contribution in [0.1, 0.15) is 128 Å². The molecule has 3 aliphatic heterocycles. The molecule has 0 radical (unpaired) electrons. The Hall–Kier alpha value is -9.71. The molecule has 6 rings (SSSR count). The lowest BCUT2D eigenvalue weighted by Gasteiger charge is -2.37. The summed E-state index contributed by atoms with van der Waals surface area (Å²) in [6, 6.07) is -2.50. The highest BCUT2D eigenvalue weighted by atomic mass is 33.1. The normalized spacial score (nSPS) is 18.1. The van der Waals surface area contributed by atoms with Crippen molar-refractivity contribution < 1.29 is 81.9 Å². The van der Waals surface area contributed by atoms with Crippen LogP contribution >= 0.6 is 21.6 Å². The Kier molecular flexibility index (Phi) is 29.3. The summed E-state index contributed by atoms with van der Waals surface area (Å²) < 4.78 is 21.4. The predicted octanol–water partition coefficient (Wildman–Crippen LogP) is 5.68. The number of nitrogens with two attached hydrogens (primary N) is 3. The molecule has 6 atom stereocenters. The number of carbonyl (C=O) groups is 11. The molecule has 100 heavy (non-hydrogen) atoms. The summed E-state index contributed by atoms with van der Waals surface area (Å²) in [6.07, 6.45) is 12.4. The fraction of sp³-hybridized carbons (Fsp3) is 0.471. The number of carbonyl (C=O) groups excluding carboxylic acids is 9. The van der Waals surface area contributed by atoms with Gasteiger partial charge in [-0.3, -0.25) is 58.1 Å². The maximum atomic E-state index is 14.0. The summed E-state index contributed by atoms with van der Waals surface area (Å²) >= 11 is 0. The first kappa shape index (κ1) is 79.3. The maximum Gasteiger partial charge on any atom is 0.334 e. The molecule has 0 spiro atoms. The van der Waals surface area contributed by atoms with Crippen molar-refractivity contribution in [3.05, 3.63) is 115 Å². The molecule has 538 valence electrons. The number of fused-ring (bicyclic) bond motifs is 9. The van der Waals surface area contributed by atoms with Gasteiger partial charge in [-0.05, 0) is 148 Å². The van der Waals surface area contributed by atoms with E-state index in [1.807, 2.05) is 52.0 Å². The number of nitrogens with one attached hydrogen (secondary N) is 4. The Bertz CT molecular complexity index is 3850. The number of carboxylic acids is 2. The Balaban J connectivity index is 1.15. The van der Waals surface area contributed by atoms with E-state index >= 15 is 0 Å². The summed E-state index contributed by atoms with van der Waals surface area (Å²) in [4.78, 5) is 166. The molecule has 0 saturated carbocycles. The molecule has 1 aromatic heterocycles. The molecule has 2 aliphatic carbocycles. The molecule has 1 unspecified atom stereocenters. The van der Waals surface area contributed by atoms with E-state index in [4.69, 9.17) is 46.1 Å². The van der Waals surface area contributed by atoms with Crippen molar-refractivity contribution in [3.63, 3.8) is 0 Å². The fourth-order valence-electron chi connectivity index (χ4n) is 12.4. The summed E-state index contributed by atoms with van der Waals surface area (Å²) in [7, 11) is 6.33. The number of aromatic amines is 1. The van der Waals surface area contributed by atoms with Crippen molar-refractivity contribution in [1.29, 1.82) is 0 Å². The first-order chi connectivity index (χ1) is 47.4. The zero-order valence-electron chi connectivity index (χ0n) is 57.7. The molecule has 0 fully saturated rings. The van der Waals surface area contributed by atoms with Crippen molar-refractivity contribution >= 4 is 122 Å². The van der Waals surface area contributed by atoms with Crippen molar-refractivity contribution in [2.75, 3.05) is 59.1 Å². The second kappa shape index (κ2) is 36.9. The van der Waals surface area contributed by atoms with E-state index in [0.29, 0.717) is 52.6 Å². The highest BCUT2D eigenvalue weighted by molar-refractivity contribution is 8.76. The number of allylic oxidation sites excluding steroid dienone is 11. The van der Waals surface area contributed by atoms with Gasteiger partial charge in [-0.2, -0.15) is 0 Å². The fourth-order valence-corrected chi connectivity index (χ4v) is 14.4. The summed E-state index contributed by atoms with van der Waals surface area (Å²) in [6.45, 7) is 14.2. The second-order valence-corrected chi connectivity index (χ2v) is 27.2. The van der Waals surface area contributed by atoms with Crippen LogP contribution in [-0.2, 0) is 78.1 Å². The molecule has 0 saturated heterocycles. The lowest BCUT2D eigenvalue weighted by molar-refractivity contribution is -0.149. The van der Waals surface area contributed by atoms with Gasteiger partial charge in [0.05, 0.1) is 85.9 Å². The number of nitrogens with zero attached hydrogens (tertiary/aromatic N) is 4. The maximum absolute atomic E-state index is 14.0. The quantitative estimate of drug-likeness (QED) is 0.00966. The standard InChI is InChI=1S/C70H89N11O17S2/c1-11-46-37(3)53-33-56-50-19-16-49(67(93)96-9)63(68(94)97-10)70(50,7)59(80-56)30-42-26-43(47(36(42)2)17-20-61(87)95-8)28-54-48(38(4)52(78-54)32-55(46)79-53)18-21-62(88)98-24-25-99-100-35-57(77-40(6)82)58(84)29-41(14-12-23-75-69(72)73)64(89)76-34-45(83)27-44(31-60(85)86)65(90)81-51(66(91)92)15-13-22-74-39(5)71/h11,16,19,28,30,32-33,41,44,51,57,63,78H,1,12-15,17-18,20-27,29,31,34-35H2,2-10H3,(H2,71,74)(H,76,89)(H,77,82)(H,81,90)(H,85,86)(H,91,92)(H4,72,73,75)/t41-,44+,51+,57?,63+,70-/m1/s1. The molecular formula is C70H89N11O17S2. The zero-order chi connectivity index (χ0) is 73.7. The molecule has 12 N–H and O–H groups in total. The molecule has 8 bridgehead atoms. The van der Waals surface area contributed by atoms with E-state index in [0.717, 1.165) is 44.6 Å². The lowest BCUT2D eigenvalue weighted by Crippen LogP contribution is -2.45. The van der Waals surface area contributed by atoms with Gasteiger partial charge in [0.25, 0.3) is 0 Å². The summed E-state index contributed by atoms with van der Waals surface area (Å²) in [5.41, 5.74) is 26.4. The van der Waals surface area contributed by atoms with Crippen LogP contribution < -0.4 is 33.2 Å². The van der Waals surface area contributed by atoms with Gasteiger partial charge in [0, 0.05) is 80.1 Å². The molecule has 5 aliphatic rings. The van der Waals surface area contributed by atoms with Crippen LogP contribution in [0.15, 0.2) is 113 Å². The largest absolute Gasteiger partial charge is 0.481 e. The number of carboxylic acid groups (broad SMARTS) is 2. The molecular weight excluding hydrogens is 1330 g/mol. The number of Topliss-reactive ketones (excluding diaryl/α,β-unsaturated/α-hetero) is 2. The Labute approximate surface area is 587 Å². The number of aromatic nitrogens is 1. The van der Waals surface area contributed by atoms with Crippen LogP contribution in [0, 0.1) is 30.1 Å². The van der Waals surface area contributed by atoms with Crippen LogP contribution in [-0.4, -0.2) is 175 Å². The van der Waals surface area contributed by atoms with Crippen LogP contribution in [0.3, 0.4) is 0 Å². The number of H-pyrrole nitrogens is 1. The van der Waals surface area contributed by atoms with Gasteiger partial charge in [0.1, 0.15) is 18.6 Å². The summed E-state index contributed by atoms with van der Waals surface area (Å²) in [5.74, 6) is -11.9. The van der Waals surface area contributed by atoms with Crippen molar-refractivity contribution in [3.8, 4) is 0 Å². The van der Waals surface area contributed by atoms with E-state index in [1.165, 1.54) is 49.8 Å². The number of aliphatic carboxylic acids is 2. The number of ketones is 2. The van der Waals surface area contributed by atoms with Crippen LogP contribution in [0.2, 0.25) is 0 Å². The van der Waals surface area contributed by atoms with E-state index in [-0.39, 0.29) is 93.5 Å². The van der Waals surface area contributed by atoms with Gasteiger partial charge >= 0.3 is 35.8 Å². The number of amidine groups is 1. The number of hydrogen-bond acceptors (Lipinski definition) is 21. The number of amides is 3. The minimum absolute atomic E-state index is 0.0141. The number of rotatable bonds is 37. The Morgan fingerprint density at radius 3 is 2.13 bits per heavy atom. The van der Waals surface area contributed by atoms with Crippen molar-refractivity contribution in [1.82, 2.24) is 20.9 Å². The van der Waals surface area contributed by atoms with Gasteiger partial charge in [-0.1, -0.05) is 46.4 Å². The number of hydrogen-bond donors (Lipinski definition) is 9. The Morgan fingerprint density at radius 1 is 0.770 bits per heavy atom. The van der Waals surface area contributed by atoms with Crippen LogP contribution in [0.25, 0.3) is 12.2 Å². The number of guanidine groups is 1. The zero-order valence-corrected chi connectivity index (χ0v) is 59.4. The average molecular weight is 1420 g/mol. The van der Waals surface area contributed by atoms with E-state index in [1.54, 1.807) is 25.2 Å². The van der Waals surface area contributed by atoms with E-state index in [9.17, 15) is 63.0 Å². The molecule has 28 nitrogen and oxygen atoms in total. The molecule has 0 aromatic carbocycles. The van der Waals surface area contributed by atoms with Gasteiger partial charge < -0.3 is 67.3 Å². The third kappa shape index (κ3) is 20.9. The number of esters is 4. The van der Waals surface area contributed by atoms with Gasteiger partial charge in [0.15, 0.2) is 17.5 Å². The van der Waals surface area contributed by atoms with Crippen LogP contribution in [0.4, 0.5) is 0 Å². The van der Waals surface area contributed by atoms with Crippen molar-refractivity contribution in [2.45, 2.75) is 131 Å². The first-order valence-corrected chi connectivity index (χ1v) is 34.9. The highest BCUT2D eigenvalue weighted by Gasteiger charge is 2.55. The predicted molar refractivity (Wildman–Crippen MR) is 380 cm³/mol. The summed E-state index contributed by atoms with van der Waals surface area (Å²) in [5, 5.41) is 26.7. The third-order valence-corrected chi connectivity index (χ3v) is 20.1. The van der Waals surface area contributed by atoms with Gasteiger partial charge in [0.2, 0.25) is 17.7 Å². The molecule has 30 heteroatoms. The Morgan fingerprint density at radius 2 is 1.48 bits per heavy atom. The highest BCUT2D eigenvalue weighted by Crippen LogP contribution is 2.54. The van der Waals surface area contributed by atoms with E-state index in [2.05, 4.69) is 37.5 Å². The van der Waals surface area contributed by atoms with Gasteiger partial charge in [-0.25, -0.2) is 14.6 Å². The smallest absolute Gasteiger partial charge is 0.334 e. The van der Waals surface area contributed by atoms with E-state index < -0.39 is 126 Å². The average Bonchev–Trinajstić information content (AvgIpc) is 1.54. The first-order valence-electron chi connectivity index (χ1n) is 32.5. The number of ether oxygens (including phenoxy) is 4. The molecule has 3 amide bonds. The monoisotopic (exact) mass is 1420 g/mol. The topological polar surface area (TPSA) is 445 Å². The second-order valence-electron chi connectivity index (χ2n) is 24.6. The number of methoxy groups -OCH3 is 3. The molecule has 1 aromatic rings. The SMILES string of the molecule is C=CC1=C(C)C2=NC1=Cc1[nH]c(c(CCC(=O)OCCSSCC(NC(C)=O)C(=O)C[C@@H](CCCN=C(N)N)C(=O)NCC(=O)C[C@@H](CC(=O)O)C(=O)N[C@@H](CCCN=C(C)N)C(=O)O)c1C)C=C1CC(=CC3=NC(=C2)C2=CC=C(C(=O)OC)[C@@H](C(=O)OC)[C@]23C)C(C)=C1CCC(=O)OC. The third-order valence-electron chi connectivity index (χ3n) is 17.7. The number of aliphatic imine (C=N–C) groups is 4. The van der Waals surface area contributed by atoms with Crippen LogP contribution in [0.5, 0.6) is 0 Å².